The average molecular weight is 468 g/mol. The summed E-state index contributed by atoms with van der Waals surface area (Å²) < 4.78 is 86.5. The molecule has 2 N–H and O–H groups in total. The summed E-state index contributed by atoms with van der Waals surface area (Å²) in [7, 11) is 2.42. The predicted octanol–water partition coefficient (Wildman–Crippen LogP) is 4.33. The highest BCUT2D eigenvalue weighted by Crippen LogP contribution is 2.43. The molecule has 2 heterocycles. The lowest BCUT2D eigenvalue weighted by atomic mass is 10.0. The number of methoxy groups -OCH3 is 1. The van der Waals surface area contributed by atoms with Crippen LogP contribution in [0.2, 0.25) is 5.02 Å². The summed E-state index contributed by atoms with van der Waals surface area (Å²) in [6.45, 7) is 0. The molecule has 0 atom stereocenters. The average Bonchev–Trinajstić information content (AvgIpc) is 3.19. The van der Waals surface area contributed by atoms with E-state index in [9.17, 15) is 31.1 Å². The number of benzene rings is 1. The fraction of sp³-hybridized carbons (Fsp3) is 0.235. The summed E-state index contributed by atoms with van der Waals surface area (Å²) in [6.07, 6.45) is -9.94. The Morgan fingerprint density at radius 3 is 2.26 bits per heavy atom. The van der Waals surface area contributed by atoms with Crippen LogP contribution < -0.4 is 5.73 Å². The maximum atomic E-state index is 13.7. The van der Waals surface area contributed by atoms with Gasteiger partial charge in [-0.25, -0.2) is 4.79 Å². The highest BCUT2D eigenvalue weighted by Gasteiger charge is 2.41. The van der Waals surface area contributed by atoms with Crippen LogP contribution >= 0.6 is 11.6 Å². The van der Waals surface area contributed by atoms with Crippen LogP contribution in [0.1, 0.15) is 21.7 Å². The molecule has 0 saturated heterocycles. The van der Waals surface area contributed by atoms with Gasteiger partial charge in [-0.15, -0.1) is 0 Å². The van der Waals surface area contributed by atoms with Crippen molar-refractivity contribution < 1.29 is 35.9 Å². The Morgan fingerprint density at radius 1 is 1.06 bits per heavy atom. The van der Waals surface area contributed by atoms with Crippen molar-refractivity contribution in [3.05, 3.63) is 46.2 Å². The molecule has 7 nitrogen and oxygen atoms in total. The van der Waals surface area contributed by atoms with E-state index in [1.54, 1.807) is 0 Å². The summed E-state index contributed by atoms with van der Waals surface area (Å²) in [5.41, 5.74) is 1.56. The van der Waals surface area contributed by atoms with Gasteiger partial charge >= 0.3 is 18.3 Å². The Kier molecular flexibility index (Phi) is 5.42. The molecule has 14 heteroatoms. The SMILES string of the molecule is COC(=O)c1cc(-n2nc(C(F)(F)F)c(-c3cc(Cl)cc(C(F)(F)F)c3)c2N)nn1C. The van der Waals surface area contributed by atoms with Crippen molar-refractivity contribution in [2.24, 2.45) is 7.05 Å². The molecule has 0 spiro atoms. The summed E-state index contributed by atoms with van der Waals surface area (Å²) in [6, 6.07) is 3.03. The van der Waals surface area contributed by atoms with Gasteiger partial charge in [0, 0.05) is 18.1 Å². The number of aryl methyl sites for hydroxylation is 1. The molecule has 0 fully saturated rings. The molecule has 0 aliphatic rings. The summed E-state index contributed by atoms with van der Waals surface area (Å²) in [5.74, 6) is -1.76. The maximum absolute atomic E-state index is 13.7. The van der Waals surface area contributed by atoms with E-state index >= 15 is 0 Å². The van der Waals surface area contributed by atoms with Crippen LogP contribution in [0.3, 0.4) is 0 Å². The Bertz CT molecular complexity index is 1170. The summed E-state index contributed by atoms with van der Waals surface area (Å²) >= 11 is 5.71. The second-order valence-electron chi connectivity index (χ2n) is 6.25. The molecule has 3 aromatic rings. The van der Waals surface area contributed by atoms with Crippen LogP contribution in [0.5, 0.6) is 0 Å². The second kappa shape index (κ2) is 7.48. The quantitative estimate of drug-likeness (QED) is 0.457. The number of anilines is 1. The third-order valence-electron chi connectivity index (χ3n) is 4.18. The molecule has 1 aromatic carbocycles. The first-order valence-electron chi connectivity index (χ1n) is 8.20. The number of halogens is 7. The van der Waals surface area contributed by atoms with Crippen molar-refractivity contribution in [3.63, 3.8) is 0 Å². The predicted molar refractivity (Wildman–Crippen MR) is 96.5 cm³/mol. The Labute approximate surface area is 174 Å². The minimum atomic E-state index is -5.07. The van der Waals surface area contributed by atoms with Crippen molar-refractivity contribution in [1.82, 2.24) is 19.6 Å². The molecule has 3 rings (SSSR count). The van der Waals surface area contributed by atoms with Gasteiger partial charge in [-0.1, -0.05) is 11.6 Å². The monoisotopic (exact) mass is 467 g/mol. The number of hydrogen-bond acceptors (Lipinski definition) is 5. The number of carbonyl (C=O) groups is 1. The number of esters is 1. The smallest absolute Gasteiger partial charge is 0.435 e. The molecule has 0 radical (unpaired) electrons. The van der Waals surface area contributed by atoms with Crippen LogP contribution in [0.15, 0.2) is 24.3 Å². The van der Waals surface area contributed by atoms with Crippen molar-refractivity contribution in [3.8, 4) is 16.9 Å². The first-order valence-corrected chi connectivity index (χ1v) is 8.58. The molecule has 0 amide bonds. The van der Waals surface area contributed by atoms with E-state index in [2.05, 4.69) is 14.9 Å². The maximum Gasteiger partial charge on any atom is 0.435 e. The van der Waals surface area contributed by atoms with Crippen molar-refractivity contribution in [2.75, 3.05) is 12.8 Å². The Hall–Kier alpha value is -3.22. The molecule has 2 aromatic heterocycles. The lowest BCUT2D eigenvalue weighted by Crippen LogP contribution is -2.09. The van der Waals surface area contributed by atoms with Gasteiger partial charge in [0.1, 0.15) is 11.5 Å². The van der Waals surface area contributed by atoms with E-state index in [1.807, 2.05) is 0 Å². The third-order valence-corrected chi connectivity index (χ3v) is 4.40. The molecule has 0 aliphatic carbocycles. The molecular formula is C17H12ClF6N5O2. The molecule has 31 heavy (non-hydrogen) atoms. The number of rotatable bonds is 3. The normalized spacial score (nSPS) is 12.3. The van der Waals surface area contributed by atoms with Gasteiger partial charge in [-0.3, -0.25) is 4.68 Å². The lowest BCUT2D eigenvalue weighted by molar-refractivity contribution is -0.140. The third kappa shape index (κ3) is 4.17. The zero-order valence-corrected chi connectivity index (χ0v) is 16.4. The minimum absolute atomic E-state index is 0.121. The number of carbonyl (C=O) groups excluding carboxylic acids is 1. The van der Waals surface area contributed by atoms with Gasteiger partial charge < -0.3 is 10.5 Å². The van der Waals surface area contributed by atoms with Gasteiger partial charge in [0.25, 0.3) is 0 Å². The summed E-state index contributed by atoms with van der Waals surface area (Å²) in [5, 5.41) is 6.83. The number of ether oxygens (including phenoxy) is 1. The summed E-state index contributed by atoms with van der Waals surface area (Å²) in [4.78, 5) is 11.7. The molecule has 0 saturated carbocycles. The zero-order valence-electron chi connectivity index (χ0n) is 15.6. The lowest BCUT2D eigenvalue weighted by Gasteiger charge is -2.11. The zero-order chi connectivity index (χ0) is 23.3. The molecule has 166 valence electrons. The molecular weight excluding hydrogens is 456 g/mol. The first-order chi connectivity index (χ1) is 14.2. The Balaban J connectivity index is 2.28. The minimum Gasteiger partial charge on any atom is -0.464 e. The number of alkyl halides is 6. The van der Waals surface area contributed by atoms with Crippen molar-refractivity contribution in [1.29, 1.82) is 0 Å². The van der Waals surface area contributed by atoms with Crippen LogP contribution in [0, 0.1) is 0 Å². The number of nitrogens with zero attached hydrogens (tertiary/aromatic N) is 4. The van der Waals surface area contributed by atoms with E-state index in [4.69, 9.17) is 17.3 Å². The van der Waals surface area contributed by atoms with E-state index in [1.165, 1.54) is 7.05 Å². The topological polar surface area (TPSA) is 88.0 Å². The standard InChI is InChI=1S/C17H12ClF6N5O2/c1-28-10(15(30)31-2)6-11(26-28)29-14(25)12(13(27-29)17(22,23)24)7-3-8(16(19,20)21)5-9(18)4-7/h3-6H,25H2,1-2H3. The van der Waals surface area contributed by atoms with Gasteiger partial charge in [0.2, 0.25) is 0 Å². The second-order valence-corrected chi connectivity index (χ2v) is 6.68. The highest BCUT2D eigenvalue weighted by molar-refractivity contribution is 6.31. The van der Waals surface area contributed by atoms with Crippen LogP contribution in [0.4, 0.5) is 32.2 Å². The fourth-order valence-electron chi connectivity index (χ4n) is 2.84. The van der Waals surface area contributed by atoms with Gasteiger partial charge in [0.05, 0.1) is 18.2 Å². The molecule has 0 bridgehead atoms. The van der Waals surface area contributed by atoms with Crippen LogP contribution in [0.25, 0.3) is 16.9 Å². The van der Waals surface area contributed by atoms with E-state index in [0.717, 1.165) is 23.9 Å². The fourth-order valence-corrected chi connectivity index (χ4v) is 3.07. The van der Waals surface area contributed by atoms with Gasteiger partial charge in [-0.2, -0.15) is 41.2 Å². The van der Waals surface area contributed by atoms with E-state index in [0.29, 0.717) is 16.8 Å². The van der Waals surface area contributed by atoms with Crippen molar-refractivity contribution in [2.45, 2.75) is 12.4 Å². The number of nitrogen functional groups attached to an aromatic ring is 1. The van der Waals surface area contributed by atoms with Crippen molar-refractivity contribution >= 4 is 23.4 Å². The highest BCUT2D eigenvalue weighted by atomic mass is 35.5. The largest absolute Gasteiger partial charge is 0.464 e. The first kappa shape index (κ1) is 22.5. The van der Waals surface area contributed by atoms with Crippen LogP contribution in [-0.4, -0.2) is 32.6 Å². The molecule has 0 aliphatic heterocycles. The molecule has 0 unspecified atom stereocenters. The van der Waals surface area contributed by atoms with Gasteiger partial charge in [-0.05, 0) is 23.8 Å². The van der Waals surface area contributed by atoms with Crippen LogP contribution in [-0.2, 0) is 24.1 Å². The van der Waals surface area contributed by atoms with Gasteiger partial charge in [0.15, 0.2) is 11.5 Å². The Morgan fingerprint density at radius 2 is 1.71 bits per heavy atom. The van der Waals surface area contributed by atoms with E-state index < -0.39 is 51.5 Å². The number of aromatic nitrogens is 4. The van der Waals surface area contributed by atoms with E-state index in [-0.39, 0.29) is 11.5 Å². The number of hydrogen-bond donors (Lipinski definition) is 1. The number of nitrogens with two attached hydrogens (primary N) is 1.